The molecule has 4 saturated carbocycles. The number of rotatable bonds is 5. The van der Waals surface area contributed by atoms with Crippen LogP contribution in [0.1, 0.15) is 83.3 Å². The number of oxazole rings is 1. The minimum absolute atomic E-state index is 0.0679. The molecular weight excluding hydrogens is 388 g/mol. The van der Waals surface area contributed by atoms with Crippen molar-refractivity contribution in [3.8, 4) is 0 Å². The Hall–Kier alpha value is -1.20. The zero-order chi connectivity index (χ0) is 21.6. The highest BCUT2D eigenvalue weighted by Gasteiger charge is 2.59. The van der Waals surface area contributed by atoms with Crippen LogP contribution in [-0.2, 0) is 11.2 Å². The van der Waals surface area contributed by atoms with Crippen LogP contribution in [0.5, 0.6) is 0 Å². The molecule has 7 atom stereocenters. The topological polar surface area (TPSA) is 67.9 Å². The fraction of sp³-hybridized carbons (Fsp3) is 0.846. The molecule has 4 fully saturated rings. The summed E-state index contributed by atoms with van der Waals surface area (Å²) in [4.78, 5) is 9.05. The van der Waals surface area contributed by atoms with Gasteiger partial charge in [0.25, 0.3) is 0 Å². The van der Waals surface area contributed by atoms with Crippen molar-refractivity contribution in [2.75, 3.05) is 13.3 Å². The molecule has 0 radical (unpaired) electrons. The predicted molar refractivity (Wildman–Crippen MR) is 121 cm³/mol. The second kappa shape index (κ2) is 8.30. The molecule has 5 heteroatoms. The van der Waals surface area contributed by atoms with E-state index in [4.69, 9.17) is 14.1 Å². The minimum atomic E-state index is -0.0679. The average Bonchev–Trinajstić information content (AvgIpc) is 3.30. The molecule has 4 aliphatic rings. The standard InChI is InChI=1S/C26H40N2O3/c1-17-15-27-24(31-17)10-13-30-16-28-19-8-11-25(2)18(14-19)4-5-20-21-6-7-23(29)26(21,3)12-9-22(20)25/h15,18,20-23,29H,4-14,16H2,1-3H3/t18?,20?,21?,22?,23-,25-,26-/m0/s1. The summed E-state index contributed by atoms with van der Waals surface area (Å²) in [7, 11) is 0. The number of aliphatic imine (C=N–C) groups is 1. The smallest absolute Gasteiger partial charge is 0.196 e. The van der Waals surface area contributed by atoms with Gasteiger partial charge in [-0.15, -0.1) is 0 Å². The van der Waals surface area contributed by atoms with Crippen molar-refractivity contribution in [3.05, 3.63) is 17.8 Å². The van der Waals surface area contributed by atoms with E-state index in [0.717, 1.165) is 54.6 Å². The summed E-state index contributed by atoms with van der Waals surface area (Å²) in [5.74, 6) is 4.78. The van der Waals surface area contributed by atoms with Gasteiger partial charge in [-0.2, -0.15) is 0 Å². The van der Waals surface area contributed by atoms with Crippen molar-refractivity contribution in [1.29, 1.82) is 0 Å². The van der Waals surface area contributed by atoms with Crippen molar-refractivity contribution in [1.82, 2.24) is 4.98 Å². The van der Waals surface area contributed by atoms with Gasteiger partial charge < -0.3 is 14.3 Å². The molecule has 0 aliphatic heterocycles. The number of nitrogens with zero attached hydrogens (tertiary/aromatic N) is 2. The second-order valence-electron chi connectivity index (χ2n) is 11.4. The van der Waals surface area contributed by atoms with Gasteiger partial charge in [-0.25, -0.2) is 4.98 Å². The largest absolute Gasteiger partial charge is 0.446 e. The maximum Gasteiger partial charge on any atom is 0.196 e. The first kappa shape index (κ1) is 21.6. The lowest BCUT2D eigenvalue weighted by atomic mass is 9.45. The van der Waals surface area contributed by atoms with E-state index in [2.05, 4.69) is 18.8 Å². The number of aromatic nitrogens is 1. The lowest BCUT2D eigenvalue weighted by molar-refractivity contribution is -0.112. The maximum absolute atomic E-state index is 10.7. The van der Waals surface area contributed by atoms with Gasteiger partial charge in [-0.05, 0) is 99.2 Å². The third-order valence-electron chi connectivity index (χ3n) is 9.96. The van der Waals surface area contributed by atoms with Crippen molar-refractivity contribution < 1.29 is 14.3 Å². The van der Waals surface area contributed by atoms with Crippen LogP contribution in [0.25, 0.3) is 0 Å². The summed E-state index contributed by atoms with van der Waals surface area (Å²) >= 11 is 0. The maximum atomic E-state index is 10.7. The van der Waals surface area contributed by atoms with E-state index in [1.165, 1.54) is 44.2 Å². The monoisotopic (exact) mass is 428 g/mol. The first-order valence-corrected chi connectivity index (χ1v) is 12.6. The lowest BCUT2D eigenvalue weighted by Gasteiger charge is -2.60. The Labute approximate surface area is 187 Å². The fourth-order valence-electron chi connectivity index (χ4n) is 8.05. The molecular formula is C26H40N2O3. The Morgan fingerprint density at radius 1 is 1.13 bits per heavy atom. The Balaban J connectivity index is 1.16. The molecule has 31 heavy (non-hydrogen) atoms. The van der Waals surface area contributed by atoms with Gasteiger partial charge >= 0.3 is 0 Å². The third kappa shape index (κ3) is 3.80. The highest BCUT2D eigenvalue weighted by Crippen LogP contribution is 2.65. The van der Waals surface area contributed by atoms with Gasteiger partial charge in [-0.1, -0.05) is 13.8 Å². The van der Waals surface area contributed by atoms with Gasteiger partial charge in [0.05, 0.1) is 18.9 Å². The Bertz CT molecular complexity index is 819. The van der Waals surface area contributed by atoms with Gasteiger partial charge in [0, 0.05) is 12.1 Å². The third-order valence-corrected chi connectivity index (χ3v) is 9.96. The van der Waals surface area contributed by atoms with Gasteiger partial charge in [0.1, 0.15) is 12.5 Å². The summed E-state index contributed by atoms with van der Waals surface area (Å²) in [6.45, 7) is 7.95. The normalized spacial score (nSPS) is 43.5. The van der Waals surface area contributed by atoms with Crippen molar-refractivity contribution in [3.63, 3.8) is 0 Å². The van der Waals surface area contributed by atoms with E-state index in [9.17, 15) is 5.11 Å². The van der Waals surface area contributed by atoms with Crippen molar-refractivity contribution in [2.24, 2.45) is 39.5 Å². The molecule has 1 N–H and O–H groups in total. The molecule has 5 nitrogen and oxygen atoms in total. The Morgan fingerprint density at radius 2 is 1.97 bits per heavy atom. The SMILES string of the molecule is Cc1cnc(CCOCN=C2CC[C@@]3(C)C(CCC4C3CC[C@@]3(C)C4CC[C@@H]3O)C2)o1. The molecule has 4 aliphatic carbocycles. The van der Waals surface area contributed by atoms with Crippen LogP contribution in [0.15, 0.2) is 15.6 Å². The summed E-state index contributed by atoms with van der Waals surface area (Å²) in [6.07, 6.45) is 13.5. The van der Waals surface area contributed by atoms with E-state index in [0.29, 0.717) is 25.2 Å². The summed E-state index contributed by atoms with van der Waals surface area (Å²) in [6, 6.07) is 0. The Morgan fingerprint density at radius 3 is 2.77 bits per heavy atom. The number of hydrogen-bond acceptors (Lipinski definition) is 5. The van der Waals surface area contributed by atoms with E-state index < -0.39 is 0 Å². The lowest BCUT2D eigenvalue weighted by Crippen LogP contribution is -2.54. The molecule has 1 aromatic heterocycles. The number of ether oxygens (including phenoxy) is 1. The van der Waals surface area contributed by atoms with Crippen LogP contribution in [0, 0.1) is 41.4 Å². The molecule has 0 aromatic carbocycles. The molecule has 5 rings (SSSR count). The zero-order valence-electron chi connectivity index (χ0n) is 19.6. The predicted octanol–water partition coefficient (Wildman–Crippen LogP) is 5.34. The van der Waals surface area contributed by atoms with Crippen LogP contribution in [0.4, 0.5) is 0 Å². The van der Waals surface area contributed by atoms with Crippen LogP contribution in [0.3, 0.4) is 0 Å². The molecule has 0 saturated heterocycles. The van der Waals surface area contributed by atoms with E-state index >= 15 is 0 Å². The molecule has 0 amide bonds. The molecule has 1 aromatic rings. The van der Waals surface area contributed by atoms with Crippen LogP contribution >= 0.6 is 0 Å². The molecule has 0 bridgehead atoms. The van der Waals surface area contributed by atoms with Crippen LogP contribution in [0.2, 0.25) is 0 Å². The highest BCUT2D eigenvalue weighted by atomic mass is 16.5. The Kier molecular flexibility index (Phi) is 5.79. The first-order valence-electron chi connectivity index (χ1n) is 12.6. The number of aryl methyl sites for hydroxylation is 1. The number of fused-ring (bicyclic) bond motifs is 5. The van der Waals surface area contributed by atoms with Gasteiger partial charge in [0.2, 0.25) is 0 Å². The van der Waals surface area contributed by atoms with E-state index in [1.54, 1.807) is 6.20 Å². The van der Waals surface area contributed by atoms with Crippen LogP contribution in [-0.4, -0.2) is 35.2 Å². The molecule has 4 unspecified atom stereocenters. The molecule has 1 heterocycles. The molecule has 172 valence electrons. The van der Waals surface area contributed by atoms with Gasteiger partial charge in [-0.3, -0.25) is 4.99 Å². The van der Waals surface area contributed by atoms with Crippen molar-refractivity contribution in [2.45, 2.75) is 91.1 Å². The van der Waals surface area contributed by atoms with E-state index in [-0.39, 0.29) is 11.5 Å². The zero-order valence-corrected chi connectivity index (χ0v) is 19.6. The molecule has 0 spiro atoms. The second-order valence-corrected chi connectivity index (χ2v) is 11.4. The van der Waals surface area contributed by atoms with Crippen molar-refractivity contribution >= 4 is 5.71 Å². The first-order chi connectivity index (χ1) is 14.9. The summed E-state index contributed by atoms with van der Waals surface area (Å²) in [5.41, 5.74) is 2.01. The number of aliphatic hydroxyl groups excluding tert-OH is 1. The summed E-state index contributed by atoms with van der Waals surface area (Å²) in [5, 5.41) is 10.7. The highest BCUT2D eigenvalue weighted by molar-refractivity contribution is 5.85. The van der Waals surface area contributed by atoms with E-state index in [1.807, 2.05) is 6.92 Å². The van der Waals surface area contributed by atoms with Crippen LogP contribution < -0.4 is 0 Å². The fourth-order valence-corrected chi connectivity index (χ4v) is 8.05. The van der Waals surface area contributed by atoms with Gasteiger partial charge in [0.15, 0.2) is 5.89 Å². The average molecular weight is 429 g/mol. The number of aliphatic hydroxyl groups is 1. The summed E-state index contributed by atoms with van der Waals surface area (Å²) < 4.78 is 11.2. The quantitative estimate of drug-likeness (QED) is 0.643. The minimum Gasteiger partial charge on any atom is -0.446 e. The number of hydrogen-bond donors (Lipinski definition) is 1.